The highest BCUT2D eigenvalue weighted by molar-refractivity contribution is 7.91. The van der Waals surface area contributed by atoms with Gasteiger partial charge in [0, 0.05) is 24.7 Å². The molecule has 0 bridgehead atoms. The minimum atomic E-state index is -3.49. The first-order valence-corrected chi connectivity index (χ1v) is 8.00. The second kappa shape index (κ2) is 5.41. The largest absolute Gasteiger partial charge is 0.326 e. The first-order valence-electron chi connectivity index (χ1n) is 5.70. The lowest BCUT2D eigenvalue weighted by Crippen LogP contribution is -2.23. The molecule has 2 aromatic heterocycles. The van der Waals surface area contributed by atoms with Crippen LogP contribution in [0.5, 0.6) is 0 Å². The van der Waals surface area contributed by atoms with Crippen LogP contribution in [0.3, 0.4) is 0 Å². The van der Waals surface area contributed by atoms with Crippen LogP contribution in [-0.4, -0.2) is 18.2 Å². The molecular formula is C11H16N4O2S2. The number of aromatic nitrogens is 2. The van der Waals surface area contributed by atoms with Crippen LogP contribution in [0.4, 0.5) is 0 Å². The lowest BCUT2D eigenvalue weighted by Gasteiger charge is -2.04. The van der Waals surface area contributed by atoms with Crippen molar-refractivity contribution in [3.8, 4) is 0 Å². The van der Waals surface area contributed by atoms with Crippen LogP contribution in [0.1, 0.15) is 16.1 Å². The van der Waals surface area contributed by atoms with Gasteiger partial charge >= 0.3 is 0 Å². The van der Waals surface area contributed by atoms with Crippen molar-refractivity contribution in [2.24, 2.45) is 12.8 Å². The highest BCUT2D eigenvalue weighted by Gasteiger charge is 2.18. The van der Waals surface area contributed by atoms with E-state index in [-0.39, 0.29) is 6.54 Å². The standard InChI is InChI=1S/C11H16N4O2S2/c1-8-5-11(18-10(8)6-12)19(16,17)14-7-9-3-4-13-15(9)2/h3-5,14H,6-7,12H2,1-2H3. The van der Waals surface area contributed by atoms with Crippen LogP contribution in [0, 0.1) is 6.92 Å². The highest BCUT2D eigenvalue weighted by Crippen LogP contribution is 2.25. The topological polar surface area (TPSA) is 90.0 Å². The Morgan fingerprint density at radius 1 is 1.53 bits per heavy atom. The van der Waals surface area contributed by atoms with E-state index < -0.39 is 10.0 Å². The molecule has 2 heterocycles. The van der Waals surface area contributed by atoms with Crippen LogP contribution >= 0.6 is 11.3 Å². The summed E-state index contributed by atoms with van der Waals surface area (Å²) in [6, 6.07) is 3.42. The van der Waals surface area contributed by atoms with Crippen LogP contribution in [0.25, 0.3) is 0 Å². The van der Waals surface area contributed by atoms with Crippen LogP contribution in [-0.2, 0) is 30.2 Å². The zero-order chi connectivity index (χ0) is 14.0. The van der Waals surface area contributed by atoms with Gasteiger partial charge in [-0.2, -0.15) is 5.10 Å². The fourth-order valence-electron chi connectivity index (χ4n) is 1.64. The number of sulfonamides is 1. The number of hydrogen-bond donors (Lipinski definition) is 2. The Balaban J connectivity index is 2.16. The number of rotatable bonds is 5. The van der Waals surface area contributed by atoms with Gasteiger partial charge in [0.15, 0.2) is 0 Å². The average Bonchev–Trinajstić information content (AvgIpc) is 2.93. The maximum Gasteiger partial charge on any atom is 0.250 e. The summed E-state index contributed by atoms with van der Waals surface area (Å²) < 4.78 is 28.8. The van der Waals surface area contributed by atoms with E-state index in [4.69, 9.17) is 5.73 Å². The molecule has 8 heteroatoms. The van der Waals surface area contributed by atoms with Gasteiger partial charge in [0.05, 0.1) is 12.2 Å². The molecule has 19 heavy (non-hydrogen) atoms. The van der Waals surface area contributed by atoms with Crippen molar-refractivity contribution in [1.29, 1.82) is 0 Å². The number of nitrogens with two attached hydrogens (primary N) is 1. The molecule has 0 fully saturated rings. The Bertz CT molecular complexity index is 673. The molecule has 3 N–H and O–H groups in total. The fourth-order valence-corrected chi connectivity index (χ4v) is 4.15. The van der Waals surface area contributed by atoms with Gasteiger partial charge in [-0.05, 0) is 24.6 Å². The van der Waals surface area contributed by atoms with E-state index in [2.05, 4.69) is 9.82 Å². The summed E-state index contributed by atoms with van der Waals surface area (Å²) in [5.41, 5.74) is 7.27. The van der Waals surface area contributed by atoms with Crippen molar-refractivity contribution < 1.29 is 8.42 Å². The van der Waals surface area contributed by atoms with Gasteiger partial charge in [0.25, 0.3) is 0 Å². The Kier molecular flexibility index (Phi) is 4.04. The third-order valence-corrected chi connectivity index (χ3v) is 5.95. The molecule has 0 atom stereocenters. The normalized spacial score (nSPS) is 11.9. The third kappa shape index (κ3) is 3.03. The number of nitrogens with zero attached hydrogens (tertiary/aromatic N) is 2. The summed E-state index contributed by atoms with van der Waals surface area (Å²) in [6.45, 7) is 2.43. The van der Waals surface area contributed by atoms with Crippen molar-refractivity contribution >= 4 is 21.4 Å². The molecule has 0 aliphatic rings. The number of nitrogens with one attached hydrogen (secondary N) is 1. The molecule has 0 unspecified atom stereocenters. The molecule has 2 aromatic rings. The van der Waals surface area contributed by atoms with Crippen molar-refractivity contribution in [2.75, 3.05) is 0 Å². The molecule has 0 saturated heterocycles. The van der Waals surface area contributed by atoms with Gasteiger partial charge in [-0.15, -0.1) is 11.3 Å². The van der Waals surface area contributed by atoms with Crippen molar-refractivity contribution in [2.45, 2.75) is 24.2 Å². The SMILES string of the molecule is Cc1cc(S(=O)(=O)NCc2ccnn2C)sc1CN. The Morgan fingerprint density at radius 3 is 2.79 bits per heavy atom. The van der Waals surface area contributed by atoms with E-state index in [1.807, 2.05) is 6.92 Å². The maximum absolute atomic E-state index is 12.1. The van der Waals surface area contributed by atoms with E-state index in [0.29, 0.717) is 10.8 Å². The summed E-state index contributed by atoms with van der Waals surface area (Å²) in [5, 5.41) is 3.99. The summed E-state index contributed by atoms with van der Waals surface area (Å²) >= 11 is 1.21. The molecule has 6 nitrogen and oxygen atoms in total. The van der Waals surface area contributed by atoms with Gasteiger partial charge in [-0.1, -0.05) is 0 Å². The molecule has 104 valence electrons. The molecule has 0 amide bonds. The van der Waals surface area contributed by atoms with E-state index in [9.17, 15) is 8.42 Å². The highest BCUT2D eigenvalue weighted by atomic mass is 32.2. The van der Waals surface area contributed by atoms with E-state index in [1.165, 1.54) is 11.3 Å². The number of aryl methyl sites for hydroxylation is 2. The van der Waals surface area contributed by atoms with Gasteiger partial charge in [0.1, 0.15) is 4.21 Å². The van der Waals surface area contributed by atoms with Gasteiger partial charge in [-0.25, -0.2) is 13.1 Å². The third-order valence-electron chi connectivity index (χ3n) is 2.81. The molecular weight excluding hydrogens is 284 g/mol. The lowest BCUT2D eigenvalue weighted by molar-refractivity contribution is 0.579. The summed E-state index contributed by atoms with van der Waals surface area (Å²) in [4.78, 5) is 0.890. The number of hydrogen-bond acceptors (Lipinski definition) is 5. The average molecular weight is 300 g/mol. The molecule has 0 aliphatic heterocycles. The molecule has 0 radical (unpaired) electrons. The second-order valence-electron chi connectivity index (χ2n) is 4.15. The minimum Gasteiger partial charge on any atom is -0.326 e. The minimum absolute atomic E-state index is 0.216. The Hall–Kier alpha value is -1.22. The summed E-state index contributed by atoms with van der Waals surface area (Å²) in [6.07, 6.45) is 1.63. The van der Waals surface area contributed by atoms with Crippen LogP contribution in [0.15, 0.2) is 22.5 Å². The van der Waals surface area contributed by atoms with Crippen molar-refractivity contribution in [1.82, 2.24) is 14.5 Å². The Morgan fingerprint density at radius 2 is 2.26 bits per heavy atom. The van der Waals surface area contributed by atoms with Crippen molar-refractivity contribution in [3.05, 3.63) is 34.5 Å². The van der Waals surface area contributed by atoms with Gasteiger partial charge < -0.3 is 5.73 Å². The van der Waals surface area contributed by atoms with E-state index >= 15 is 0 Å². The molecule has 0 aliphatic carbocycles. The maximum atomic E-state index is 12.1. The zero-order valence-corrected chi connectivity index (χ0v) is 12.4. The number of thiophene rings is 1. The van der Waals surface area contributed by atoms with Gasteiger partial charge in [0.2, 0.25) is 10.0 Å². The molecule has 0 saturated carbocycles. The first-order chi connectivity index (χ1) is 8.94. The van der Waals surface area contributed by atoms with Crippen LogP contribution < -0.4 is 10.5 Å². The lowest BCUT2D eigenvalue weighted by atomic mass is 10.3. The summed E-state index contributed by atoms with van der Waals surface area (Å²) in [5.74, 6) is 0. The fraction of sp³-hybridized carbons (Fsp3) is 0.364. The van der Waals surface area contributed by atoms with E-state index in [1.54, 1.807) is 30.1 Å². The predicted octanol–water partition coefficient (Wildman–Crippen LogP) is 0.727. The van der Waals surface area contributed by atoms with Crippen LogP contribution in [0.2, 0.25) is 0 Å². The van der Waals surface area contributed by atoms with Gasteiger partial charge in [-0.3, -0.25) is 4.68 Å². The van der Waals surface area contributed by atoms with Crippen molar-refractivity contribution in [3.63, 3.8) is 0 Å². The van der Waals surface area contributed by atoms with E-state index in [0.717, 1.165) is 16.1 Å². The zero-order valence-electron chi connectivity index (χ0n) is 10.8. The summed E-state index contributed by atoms with van der Waals surface area (Å²) in [7, 11) is -1.72. The molecule has 2 rings (SSSR count). The molecule has 0 aromatic carbocycles. The quantitative estimate of drug-likeness (QED) is 0.851. The second-order valence-corrected chi connectivity index (χ2v) is 7.28. The first kappa shape index (κ1) is 14.2. The smallest absolute Gasteiger partial charge is 0.250 e. The monoisotopic (exact) mass is 300 g/mol. The molecule has 0 spiro atoms. The Labute approximate surface area is 116 Å². The predicted molar refractivity (Wildman–Crippen MR) is 74.2 cm³/mol.